The first-order valence-electron chi connectivity index (χ1n) is 19.8. The van der Waals surface area contributed by atoms with Crippen LogP contribution in [0.5, 0.6) is 0 Å². The molecule has 3 heterocycles. The highest BCUT2D eigenvalue weighted by Gasteiger charge is 2.23. The Balaban J connectivity index is 0.980. The fourth-order valence-corrected chi connectivity index (χ4v) is 8.80. The zero-order valence-corrected chi connectivity index (χ0v) is 31.8. The number of hydrogen-bond donors (Lipinski definition) is 0. The van der Waals surface area contributed by atoms with E-state index in [0.717, 1.165) is 39.5 Å². The molecule has 1 atom stereocenters. The molecule has 0 saturated carbocycles. The van der Waals surface area contributed by atoms with Gasteiger partial charge in [-0.1, -0.05) is 146 Å². The van der Waals surface area contributed by atoms with Gasteiger partial charge >= 0.3 is 0 Å². The smallest absolute Gasteiger partial charge is 0.155 e. The van der Waals surface area contributed by atoms with E-state index in [9.17, 15) is 0 Å². The number of fused-ring (bicyclic) bond motifs is 6. The maximum Gasteiger partial charge on any atom is 0.155 e. The number of aliphatic imine (C=N–C) groups is 2. The highest BCUT2D eigenvalue weighted by Crippen LogP contribution is 2.39. The van der Waals surface area contributed by atoms with Crippen molar-refractivity contribution in [2.75, 3.05) is 0 Å². The van der Waals surface area contributed by atoms with Gasteiger partial charge in [0.2, 0.25) is 0 Å². The van der Waals surface area contributed by atoms with Crippen LogP contribution < -0.4 is 0 Å². The average molecular weight is 743 g/mol. The second-order valence-electron chi connectivity index (χ2n) is 15.1. The molecule has 1 unspecified atom stereocenters. The number of aromatic nitrogens is 2. The Labute approximate surface area is 337 Å². The summed E-state index contributed by atoms with van der Waals surface area (Å²) in [6.07, 6.45) is 0.634. The van der Waals surface area contributed by atoms with Gasteiger partial charge in [0.15, 0.2) is 5.84 Å². The minimum absolute atomic E-state index is 0.170. The molecule has 274 valence electrons. The van der Waals surface area contributed by atoms with Gasteiger partial charge in [-0.25, -0.2) is 4.99 Å². The summed E-state index contributed by atoms with van der Waals surface area (Å²) in [6.45, 7) is 4.54. The quantitative estimate of drug-likeness (QED) is 0.152. The molecule has 0 fully saturated rings. The molecule has 2 aromatic heterocycles. The lowest BCUT2D eigenvalue weighted by Crippen LogP contribution is -2.06. The van der Waals surface area contributed by atoms with Crippen molar-refractivity contribution in [3.8, 4) is 22.5 Å². The molecular weight excluding hydrogens is 705 g/mol. The summed E-state index contributed by atoms with van der Waals surface area (Å²) < 4.78 is 4.75. The van der Waals surface area contributed by atoms with E-state index in [1.54, 1.807) is 0 Å². The molecule has 1 aliphatic rings. The van der Waals surface area contributed by atoms with Crippen molar-refractivity contribution in [1.82, 2.24) is 9.13 Å². The molecule has 4 heteroatoms. The highest BCUT2D eigenvalue weighted by molar-refractivity contribution is 6.15. The van der Waals surface area contributed by atoms with E-state index in [1.165, 1.54) is 60.4 Å². The zero-order chi connectivity index (χ0) is 38.6. The number of rotatable bonds is 6. The standard InChI is InChI=1S/C54H38N4/c1-36-33-48(55-54(39-17-7-3-8-18-39)56-53(36)38-15-5-2-6-16-38)37-25-29-43(30-26-37)58-50-24-14-12-22-45(50)47-35-41(28-32-52(47)58)40-27-31-51-46(34-40)44-21-11-13-23-49(44)57(51)42-19-9-4-10-20-42/h2-32,34-35,53H,1,33H2. The van der Waals surface area contributed by atoms with Crippen molar-refractivity contribution >= 4 is 55.2 Å². The van der Waals surface area contributed by atoms with Crippen molar-refractivity contribution in [2.45, 2.75) is 12.5 Å². The van der Waals surface area contributed by atoms with Gasteiger partial charge in [0, 0.05) is 44.9 Å². The van der Waals surface area contributed by atoms with E-state index < -0.39 is 0 Å². The van der Waals surface area contributed by atoms with Gasteiger partial charge in [-0.05, 0) is 88.5 Å². The molecule has 11 rings (SSSR count). The molecule has 4 nitrogen and oxygen atoms in total. The Bertz CT molecular complexity index is 3240. The summed E-state index contributed by atoms with van der Waals surface area (Å²) in [5, 5.41) is 4.96. The summed E-state index contributed by atoms with van der Waals surface area (Å²) in [7, 11) is 0. The van der Waals surface area contributed by atoms with E-state index in [2.05, 4.69) is 192 Å². The third-order valence-electron chi connectivity index (χ3n) is 11.6. The lowest BCUT2D eigenvalue weighted by atomic mass is 9.94. The van der Waals surface area contributed by atoms with Crippen molar-refractivity contribution in [3.05, 3.63) is 229 Å². The summed E-state index contributed by atoms with van der Waals surface area (Å²) in [6, 6.07) is 71.2. The van der Waals surface area contributed by atoms with Gasteiger partial charge < -0.3 is 9.13 Å². The summed E-state index contributed by atoms with van der Waals surface area (Å²) in [4.78, 5) is 10.4. The molecule has 0 spiro atoms. The van der Waals surface area contributed by atoms with E-state index in [1.807, 2.05) is 24.3 Å². The van der Waals surface area contributed by atoms with Crippen LogP contribution in [-0.4, -0.2) is 20.7 Å². The molecule has 0 radical (unpaired) electrons. The first kappa shape index (κ1) is 33.8. The molecule has 58 heavy (non-hydrogen) atoms. The highest BCUT2D eigenvalue weighted by atomic mass is 15.0. The molecule has 0 amide bonds. The fraction of sp³-hybridized carbons (Fsp3) is 0.0370. The lowest BCUT2D eigenvalue weighted by molar-refractivity contribution is 0.840. The van der Waals surface area contributed by atoms with Crippen LogP contribution in [0.2, 0.25) is 0 Å². The minimum atomic E-state index is -0.170. The van der Waals surface area contributed by atoms with Crippen molar-refractivity contribution in [1.29, 1.82) is 0 Å². The molecule has 0 N–H and O–H groups in total. The second kappa shape index (κ2) is 13.9. The number of benzene rings is 8. The summed E-state index contributed by atoms with van der Waals surface area (Å²) >= 11 is 0. The Hall–Kier alpha value is -7.56. The first-order valence-corrected chi connectivity index (χ1v) is 19.8. The Morgan fingerprint density at radius 2 is 0.879 bits per heavy atom. The van der Waals surface area contributed by atoms with E-state index in [-0.39, 0.29) is 6.04 Å². The lowest BCUT2D eigenvalue weighted by Gasteiger charge is -2.15. The van der Waals surface area contributed by atoms with Crippen molar-refractivity contribution < 1.29 is 0 Å². The van der Waals surface area contributed by atoms with Gasteiger partial charge in [0.25, 0.3) is 0 Å². The number of para-hydroxylation sites is 3. The molecular formula is C54H38N4. The van der Waals surface area contributed by atoms with Crippen LogP contribution >= 0.6 is 0 Å². The monoisotopic (exact) mass is 742 g/mol. The van der Waals surface area contributed by atoms with Crippen molar-refractivity contribution in [2.24, 2.45) is 9.98 Å². The first-order chi connectivity index (χ1) is 28.7. The largest absolute Gasteiger partial charge is 0.309 e. The molecule has 10 aromatic rings. The van der Waals surface area contributed by atoms with Crippen molar-refractivity contribution in [3.63, 3.8) is 0 Å². The third kappa shape index (κ3) is 5.69. The molecule has 0 saturated heterocycles. The van der Waals surface area contributed by atoms with Crippen LogP contribution in [0, 0.1) is 0 Å². The fourth-order valence-electron chi connectivity index (χ4n) is 8.80. The maximum atomic E-state index is 5.22. The normalized spacial score (nSPS) is 14.6. The van der Waals surface area contributed by atoms with Crippen LogP contribution in [0.25, 0.3) is 66.1 Å². The Morgan fingerprint density at radius 3 is 1.47 bits per heavy atom. The van der Waals surface area contributed by atoms with Crippen LogP contribution in [0.3, 0.4) is 0 Å². The van der Waals surface area contributed by atoms with E-state index >= 15 is 0 Å². The number of nitrogens with zero attached hydrogens (tertiary/aromatic N) is 4. The Morgan fingerprint density at radius 1 is 0.414 bits per heavy atom. The van der Waals surface area contributed by atoms with E-state index in [0.29, 0.717) is 6.42 Å². The molecule has 1 aliphatic heterocycles. The molecule has 0 aliphatic carbocycles. The van der Waals surface area contributed by atoms with E-state index in [4.69, 9.17) is 9.98 Å². The average Bonchev–Trinajstić information content (AvgIpc) is 3.73. The Kier molecular flexibility index (Phi) is 8.07. The topological polar surface area (TPSA) is 34.6 Å². The van der Waals surface area contributed by atoms with Gasteiger partial charge in [-0.2, -0.15) is 0 Å². The van der Waals surface area contributed by atoms with Crippen LogP contribution in [-0.2, 0) is 0 Å². The number of amidine groups is 1. The van der Waals surface area contributed by atoms with Crippen LogP contribution in [0.15, 0.2) is 222 Å². The van der Waals surface area contributed by atoms with Gasteiger partial charge in [-0.3, -0.25) is 4.99 Å². The summed E-state index contributed by atoms with van der Waals surface area (Å²) in [5.74, 6) is 0.728. The predicted octanol–water partition coefficient (Wildman–Crippen LogP) is 13.5. The molecule has 0 bridgehead atoms. The second-order valence-corrected chi connectivity index (χ2v) is 15.1. The van der Waals surface area contributed by atoms with Crippen LogP contribution in [0.4, 0.5) is 0 Å². The zero-order valence-electron chi connectivity index (χ0n) is 31.8. The summed E-state index contributed by atoms with van der Waals surface area (Å²) in [5.41, 5.74) is 14.6. The minimum Gasteiger partial charge on any atom is -0.309 e. The molecule has 8 aromatic carbocycles. The number of hydrogen-bond acceptors (Lipinski definition) is 2. The predicted molar refractivity (Wildman–Crippen MR) is 243 cm³/mol. The SMILES string of the molecule is C=C1CC(c2ccc(-n3c4ccccc4c4cc(-c5ccc6c(c5)c5ccccc5n6-c5ccccc5)ccc43)cc2)=NC(c2ccccc2)=NC1c1ccccc1. The van der Waals surface area contributed by atoms with Crippen LogP contribution in [0.1, 0.15) is 29.2 Å². The van der Waals surface area contributed by atoms with Gasteiger partial charge in [0.1, 0.15) is 0 Å². The van der Waals surface area contributed by atoms with Gasteiger partial charge in [0.05, 0.1) is 33.8 Å². The third-order valence-corrected chi connectivity index (χ3v) is 11.6. The maximum absolute atomic E-state index is 5.22. The van der Waals surface area contributed by atoms with Gasteiger partial charge in [-0.15, -0.1) is 0 Å².